The number of benzene rings is 1. The lowest BCUT2D eigenvalue weighted by Crippen LogP contribution is -2.40. The molecular weight excluding hydrogens is 284 g/mol. The topological polar surface area (TPSA) is 44.9 Å². The maximum absolute atomic E-state index is 12.5. The molecule has 4 heteroatoms. The summed E-state index contributed by atoms with van der Waals surface area (Å²) >= 11 is 6.08. The zero-order chi connectivity index (χ0) is 15.5. The molecule has 2 rings (SSSR count). The molecule has 1 amide bonds. The summed E-state index contributed by atoms with van der Waals surface area (Å²) in [6.07, 6.45) is 5.23. The molecule has 0 bridgehead atoms. The molecule has 21 heavy (non-hydrogen) atoms. The quantitative estimate of drug-likeness (QED) is 0.763. The van der Waals surface area contributed by atoms with E-state index in [1.54, 1.807) is 0 Å². The Balaban J connectivity index is 2.20. The maximum atomic E-state index is 12.5. The molecule has 0 spiro atoms. The van der Waals surface area contributed by atoms with Crippen molar-refractivity contribution in [3.05, 3.63) is 35.0 Å². The third kappa shape index (κ3) is 3.41. The van der Waals surface area contributed by atoms with Crippen LogP contribution in [0.5, 0.6) is 0 Å². The number of rotatable bonds is 6. The van der Waals surface area contributed by atoms with Crippen molar-refractivity contribution < 1.29 is 4.79 Å². The first-order valence-corrected chi connectivity index (χ1v) is 7.90. The minimum absolute atomic E-state index is 0.0551. The first-order valence-electron chi connectivity index (χ1n) is 7.52. The summed E-state index contributed by atoms with van der Waals surface area (Å²) in [5.74, 6) is 0.0551. The monoisotopic (exact) mass is 306 g/mol. The second-order valence-corrected chi connectivity index (χ2v) is 6.42. The molecule has 0 saturated carbocycles. The number of carbonyl (C=O) groups is 1. The molecule has 0 aliphatic heterocycles. The van der Waals surface area contributed by atoms with Gasteiger partial charge >= 0.3 is 0 Å². The number of nitrogens with one attached hydrogen (secondary N) is 2. The van der Waals surface area contributed by atoms with Gasteiger partial charge < -0.3 is 10.3 Å². The summed E-state index contributed by atoms with van der Waals surface area (Å²) < 4.78 is 0. The van der Waals surface area contributed by atoms with Gasteiger partial charge in [0.1, 0.15) is 0 Å². The van der Waals surface area contributed by atoms with Gasteiger partial charge in [-0.3, -0.25) is 4.79 Å². The standard InChI is InChI=1S/C17H23ClN2O/c1-4-5-6-9-19-16(21)17(2,3)14-11-20-15-8-7-12(18)10-13(14)15/h7-8,10-11,20H,4-6,9H2,1-3H3,(H,19,21). The number of unbranched alkanes of at least 4 members (excludes halogenated alkanes) is 2. The van der Waals surface area contributed by atoms with E-state index in [0.29, 0.717) is 5.02 Å². The van der Waals surface area contributed by atoms with Crippen LogP contribution in [0.25, 0.3) is 10.9 Å². The molecule has 2 aromatic rings. The van der Waals surface area contributed by atoms with Crippen LogP contribution < -0.4 is 5.32 Å². The minimum Gasteiger partial charge on any atom is -0.361 e. The van der Waals surface area contributed by atoms with Crippen LogP contribution in [0.2, 0.25) is 5.02 Å². The van der Waals surface area contributed by atoms with Gasteiger partial charge in [0, 0.05) is 28.7 Å². The molecule has 1 heterocycles. The van der Waals surface area contributed by atoms with E-state index in [1.165, 1.54) is 0 Å². The van der Waals surface area contributed by atoms with E-state index in [-0.39, 0.29) is 5.91 Å². The van der Waals surface area contributed by atoms with Gasteiger partial charge in [-0.15, -0.1) is 0 Å². The first kappa shape index (κ1) is 15.9. The first-order chi connectivity index (χ1) is 9.96. The molecule has 0 radical (unpaired) electrons. The average molecular weight is 307 g/mol. The molecule has 1 aromatic heterocycles. The minimum atomic E-state index is -0.588. The molecule has 2 N–H and O–H groups in total. The molecule has 0 atom stereocenters. The van der Waals surface area contributed by atoms with Crippen LogP contribution in [-0.4, -0.2) is 17.4 Å². The van der Waals surface area contributed by atoms with E-state index in [1.807, 2.05) is 38.2 Å². The number of H-pyrrole nitrogens is 1. The zero-order valence-electron chi connectivity index (χ0n) is 12.9. The number of amides is 1. The van der Waals surface area contributed by atoms with Gasteiger partial charge in [-0.1, -0.05) is 31.4 Å². The van der Waals surface area contributed by atoms with Gasteiger partial charge in [-0.25, -0.2) is 0 Å². The van der Waals surface area contributed by atoms with Crippen molar-refractivity contribution in [3.8, 4) is 0 Å². The lowest BCUT2D eigenvalue weighted by atomic mass is 9.83. The number of hydrogen-bond acceptors (Lipinski definition) is 1. The Morgan fingerprint density at radius 1 is 1.33 bits per heavy atom. The lowest BCUT2D eigenvalue weighted by molar-refractivity contribution is -0.125. The Morgan fingerprint density at radius 2 is 2.10 bits per heavy atom. The van der Waals surface area contributed by atoms with Crippen LogP contribution in [0.3, 0.4) is 0 Å². The van der Waals surface area contributed by atoms with E-state index in [4.69, 9.17) is 11.6 Å². The van der Waals surface area contributed by atoms with Crippen molar-refractivity contribution in [3.63, 3.8) is 0 Å². The predicted octanol–water partition coefficient (Wildman–Crippen LogP) is 4.41. The summed E-state index contributed by atoms with van der Waals surface area (Å²) in [5, 5.41) is 4.73. The van der Waals surface area contributed by atoms with Crippen molar-refractivity contribution >= 4 is 28.4 Å². The third-order valence-electron chi connectivity index (χ3n) is 3.95. The van der Waals surface area contributed by atoms with E-state index in [2.05, 4.69) is 17.2 Å². The van der Waals surface area contributed by atoms with Gasteiger partial charge in [0.05, 0.1) is 5.41 Å². The molecule has 0 unspecified atom stereocenters. The number of fused-ring (bicyclic) bond motifs is 1. The van der Waals surface area contributed by atoms with Crippen LogP contribution in [-0.2, 0) is 10.2 Å². The fraction of sp³-hybridized carbons (Fsp3) is 0.471. The fourth-order valence-electron chi connectivity index (χ4n) is 2.53. The summed E-state index contributed by atoms with van der Waals surface area (Å²) in [4.78, 5) is 15.7. The van der Waals surface area contributed by atoms with Crippen LogP contribution in [0, 0.1) is 0 Å². The van der Waals surface area contributed by atoms with Gasteiger partial charge in [0.2, 0.25) is 5.91 Å². The molecule has 0 aliphatic rings. The highest BCUT2D eigenvalue weighted by Crippen LogP contribution is 2.32. The smallest absolute Gasteiger partial charge is 0.230 e. The Bertz CT molecular complexity index is 631. The van der Waals surface area contributed by atoms with Crippen molar-refractivity contribution in [1.29, 1.82) is 0 Å². The highest BCUT2D eigenvalue weighted by atomic mass is 35.5. The van der Waals surface area contributed by atoms with Crippen molar-refractivity contribution in [2.75, 3.05) is 6.54 Å². The Hall–Kier alpha value is -1.48. The van der Waals surface area contributed by atoms with Gasteiger partial charge in [0.25, 0.3) is 0 Å². The SMILES string of the molecule is CCCCCNC(=O)C(C)(C)c1c[nH]c2ccc(Cl)cc12. The third-order valence-corrected chi connectivity index (χ3v) is 4.19. The molecule has 1 aromatic carbocycles. The van der Waals surface area contributed by atoms with E-state index >= 15 is 0 Å². The summed E-state index contributed by atoms with van der Waals surface area (Å²) in [6, 6.07) is 5.70. The molecule has 114 valence electrons. The van der Waals surface area contributed by atoms with E-state index in [9.17, 15) is 4.79 Å². The fourth-order valence-corrected chi connectivity index (χ4v) is 2.70. The highest BCUT2D eigenvalue weighted by Gasteiger charge is 2.31. The number of hydrogen-bond donors (Lipinski definition) is 2. The lowest BCUT2D eigenvalue weighted by Gasteiger charge is -2.23. The van der Waals surface area contributed by atoms with Crippen LogP contribution >= 0.6 is 11.6 Å². The van der Waals surface area contributed by atoms with Crippen molar-refractivity contribution in [2.24, 2.45) is 0 Å². The second kappa shape index (κ2) is 6.52. The number of carbonyl (C=O) groups excluding carboxylic acids is 1. The molecule has 3 nitrogen and oxygen atoms in total. The molecule has 0 fully saturated rings. The van der Waals surface area contributed by atoms with Gasteiger partial charge in [-0.05, 0) is 44.0 Å². The summed E-state index contributed by atoms with van der Waals surface area (Å²) in [5.41, 5.74) is 1.39. The number of aromatic nitrogens is 1. The highest BCUT2D eigenvalue weighted by molar-refractivity contribution is 6.31. The van der Waals surface area contributed by atoms with E-state index < -0.39 is 5.41 Å². The number of halogens is 1. The number of aromatic amines is 1. The largest absolute Gasteiger partial charge is 0.361 e. The van der Waals surface area contributed by atoms with Crippen LogP contribution in [0.15, 0.2) is 24.4 Å². The average Bonchev–Trinajstić information content (AvgIpc) is 2.86. The summed E-state index contributed by atoms with van der Waals surface area (Å²) in [6.45, 7) is 6.79. The predicted molar refractivity (Wildman–Crippen MR) is 88.9 cm³/mol. The normalized spacial score (nSPS) is 11.8. The van der Waals surface area contributed by atoms with Crippen LogP contribution in [0.4, 0.5) is 0 Å². The van der Waals surface area contributed by atoms with Crippen molar-refractivity contribution in [2.45, 2.75) is 45.4 Å². The van der Waals surface area contributed by atoms with Gasteiger partial charge in [0.15, 0.2) is 0 Å². The Kier molecular flexibility index (Phi) is 4.94. The van der Waals surface area contributed by atoms with Crippen molar-refractivity contribution in [1.82, 2.24) is 10.3 Å². The Labute approximate surface area is 131 Å². The molecule has 0 saturated heterocycles. The van der Waals surface area contributed by atoms with Crippen LogP contribution in [0.1, 0.15) is 45.6 Å². The van der Waals surface area contributed by atoms with Gasteiger partial charge in [-0.2, -0.15) is 0 Å². The Morgan fingerprint density at radius 3 is 2.81 bits per heavy atom. The summed E-state index contributed by atoms with van der Waals surface area (Å²) in [7, 11) is 0. The maximum Gasteiger partial charge on any atom is 0.230 e. The molecule has 0 aliphatic carbocycles. The molecular formula is C17H23ClN2O. The van der Waals surface area contributed by atoms with E-state index in [0.717, 1.165) is 42.3 Å². The second-order valence-electron chi connectivity index (χ2n) is 5.98. The zero-order valence-corrected chi connectivity index (χ0v) is 13.7.